The number of rotatable bonds is 2. The van der Waals surface area contributed by atoms with Gasteiger partial charge in [-0.3, -0.25) is 0 Å². The average Bonchev–Trinajstić information content (AvgIpc) is 2.19. The average molecular weight is 132 g/mol. The summed E-state index contributed by atoms with van der Waals surface area (Å²) < 4.78 is 11.5. The monoisotopic (exact) mass is 132 g/mol. The molecule has 8 heavy (non-hydrogen) atoms. The molecule has 0 atom stereocenters. The van der Waals surface area contributed by atoms with E-state index in [1.165, 1.54) is 0 Å². The Morgan fingerprint density at radius 3 is 3.25 bits per heavy atom. The van der Waals surface area contributed by atoms with E-state index in [2.05, 4.69) is 9.97 Å². The molecule has 1 aromatic heterocycles. The first-order valence-electron chi connectivity index (χ1n) is 2.11. The Morgan fingerprint density at radius 1 is 1.88 bits per heavy atom. The number of halogens is 1. The molecule has 0 aliphatic rings. The van der Waals surface area contributed by atoms with Gasteiger partial charge >= 0.3 is 0 Å². The van der Waals surface area contributed by atoms with Crippen molar-refractivity contribution in [1.82, 2.24) is 9.97 Å². The minimum Gasteiger partial charge on any atom is -0.340 e. The number of aromatic amines is 1. The van der Waals surface area contributed by atoms with Crippen LogP contribution in [0.1, 0.15) is 0 Å². The summed E-state index contributed by atoms with van der Waals surface area (Å²) in [5, 5.41) is 0.632. The van der Waals surface area contributed by atoms with Gasteiger partial charge in [-0.05, 0) is 0 Å². The number of imidazole rings is 1. The summed E-state index contributed by atoms with van der Waals surface area (Å²) in [5.74, 6) is 0. The van der Waals surface area contributed by atoms with Crippen molar-refractivity contribution in [2.75, 3.05) is 6.01 Å². The number of alkyl halides is 1. The molecule has 0 aliphatic carbocycles. The van der Waals surface area contributed by atoms with Gasteiger partial charge in [-0.1, -0.05) is 11.8 Å². The van der Waals surface area contributed by atoms with Crippen LogP contribution in [-0.2, 0) is 0 Å². The van der Waals surface area contributed by atoms with Gasteiger partial charge in [0.05, 0.1) is 0 Å². The van der Waals surface area contributed by atoms with E-state index in [0.717, 1.165) is 11.8 Å². The fraction of sp³-hybridized carbons (Fsp3) is 0.250. The van der Waals surface area contributed by atoms with Crippen molar-refractivity contribution in [1.29, 1.82) is 0 Å². The van der Waals surface area contributed by atoms with Gasteiger partial charge in [-0.15, -0.1) is 0 Å². The van der Waals surface area contributed by atoms with Crippen molar-refractivity contribution in [2.45, 2.75) is 5.16 Å². The van der Waals surface area contributed by atoms with Crippen molar-refractivity contribution >= 4 is 11.8 Å². The van der Waals surface area contributed by atoms with Gasteiger partial charge < -0.3 is 4.98 Å². The number of aromatic nitrogens is 2. The highest BCUT2D eigenvalue weighted by Gasteiger charge is 1.90. The van der Waals surface area contributed by atoms with E-state index in [0.29, 0.717) is 5.16 Å². The van der Waals surface area contributed by atoms with E-state index in [9.17, 15) is 4.39 Å². The first-order valence-corrected chi connectivity index (χ1v) is 3.10. The molecule has 0 fully saturated rings. The summed E-state index contributed by atoms with van der Waals surface area (Å²) in [4.78, 5) is 6.52. The molecule has 2 nitrogen and oxygen atoms in total. The standard InChI is InChI=1S/C4H5FN2S/c5-3-8-4-6-1-2-7-4/h1-2H,3H2,(H,6,7). The highest BCUT2D eigenvalue weighted by Crippen LogP contribution is 2.10. The summed E-state index contributed by atoms with van der Waals surface area (Å²) in [7, 11) is 0. The molecule has 0 radical (unpaired) electrons. The Kier molecular flexibility index (Phi) is 1.91. The molecule has 0 bridgehead atoms. The Morgan fingerprint density at radius 2 is 2.75 bits per heavy atom. The van der Waals surface area contributed by atoms with E-state index in [-0.39, 0.29) is 0 Å². The fourth-order valence-corrected chi connectivity index (χ4v) is 0.772. The smallest absolute Gasteiger partial charge is 0.167 e. The zero-order chi connectivity index (χ0) is 5.82. The van der Waals surface area contributed by atoms with Crippen molar-refractivity contribution in [3.05, 3.63) is 12.4 Å². The van der Waals surface area contributed by atoms with E-state index >= 15 is 0 Å². The summed E-state index contributed by atoms with van der Waals surface area (Å²) in [6.45, 7) is 0. The van der Waals surface area contributed by atoms with Crippen LogP contribution in [0, 0.1) is 0 Å². The zero-order valence-corrected chi connectivity index (χ0v) is 4.91. The van der Waals surface area contributed by atoms with Gasteiger partial charge in [0.15, 0.2) is 5.16 Å². The molecule has 1 rings (SSSR count). The molecule has 44 valence electrons. The summed E-state index contributed by atoms with van der Waals surface area (Å²) in [6.07, 6.45) is 3.26. The van der Waals surface area contributed by atoms with Gasteiger partial charge in [0, 0.05) is 12.4 Å². The number of thioether (sulfide) groups is 1. The van der Waals surface area contributed by atoms with Crippen LogP contribution in [0.25, 0.3) is 0 Å². The summed E-state index contributed by atoms with van der Waals surface area (Å²) in [6, 6.07) is -0.423. The largest absolute Gasteiger partial charge is 0.340 e. The lowest BCUT2D eigenvalue weighted by molar-refractivity contribution is 0.604. The van der Waals surface area contributed by atoms with Crippen molar-refractivity contribution in [3.8, 4) is 0 Å². The minimum absolute atomic E-state index is 0.423. The molecule has 0 aliphatic heterocycles. The molecule has 0 aromatic carbocycles. The van der Waals surface area contributed by atoms with Crippen molar-refractivity contribution < 1.29 is 4.39 Å². The van der Waals surface area contributed by atoms with E-state index < -0.39 is 6.01 Å². The predicted octanol–water partition coefficient (Wildman–Crippen LogP) is 1.43. The molecule has 0 saturated heterocycles. The van der Waals surface area contributed by atoms with E-state index in [1.807, 2.05) is 0 Å². The minimum atomic E-state index is -0.423. The number of hydrogen-bond acceptors (Lipinski definition) is 2. The first kappa shape index (κ1) is 5.62. The maximum atomic E-state index is 11.5. The van der Waals surface area contributed by atoms with Crippen LogP contribution in [0.3, 0.4) is 0 Å². The van der Waals surface area contributed by atoms with Gasteiger partial charge in [0.25, 0.3) is 0 Å². The number of hydrogen-bond donors (Lipinski definition) is 1. The van der Waals surface area contributed by atoms with Gasteiger partial charge in [-0.25, -0.2) is 9.37 Å². The third kappa shape index (κ3) is 1.23. The second-order valence-electron chi connectivity index (χ2n) is 1.15. The molecule has 4 heteroatoms. The Hall–Kier alpha value is -0.510. The van der Waals surface area contributed by atoms with Crippen LogP contribution in [0.4, 0.5) is 4.39 Å². The lowest BCUT2D eigenvalue weighted by Gasteiger charge is -1.83. The topological polar surface area (TPSA) is 28.7 Å². The normalized spacial score (nSPS) is 9.62. The van der Waals surface area contributed by atoms with Crippen LogP contribution in [0.15, 0.2) is 17.6 Å². The molecule has 0 unspecified atom stereocenters. The Bertz CT molecular complexity index is 140. The van der Waals surface area contributed by atoms with E-state index in [4.69, 9.17) is 0 Å². The van der Waals surface area contributed by atoms with Crippen molar-refractivity contribution in [3.63, 3.8) is 0 Å². The quantitative estimate of drug-likeness (QED) is 0.616. The second-order valence-corrected chi connectivity index (χ2v) is 2.04. The molecular weight excluding hydrogens is 127 g/mol. The van der Waals surface area contributed by atoms with Gasteiger partial charge in [-0.2, -0.15) is 0 Å². The number of H-pyrrole nitrogens is 1. The molecular formula is C4H5FN2S. The van der Waals surface area contributed by atoms with Crippen LogP contribution in [-0.4, -0.2) is 16.0 Å². The predicted molar refractivity (Wildman–Crippen MR) is 30.4 cm³/mol. The van der Waals surface area contributed by atoms with Gasteiger partial charge in [0.2, 0.25) is 0 Å². The third-order valence-electron chi connectivity index (χ3n) is 0.664. The fourth-order valence-electron chi connectivity index (χ4n) is 0.381. The van der Waals surface area contributed by atoms with Crippen LogP contribution < -0.4 is 0 Å². The van der Waals surface area contributed by atoms with Crippen LogP contribution in [0.2, 0.25) is 0 Å². The highest BCUT2D eigenvalue weighted by molar-refractivity contribution is 7.98. The van der Waals surface area contributed by atoms with Crippen LogP contribution >= 0.6 is 11.8 Å². The van der Waals surface area contributed by atoms with E-state index in [1.54, 1.807) is 12.4 Å². The van der Waals surface area contributed by atoms with Crippen LogP contribution in [0.5, 0.6) is 0 Å². The maximum absolute atomic E-state index is 11.5. The Labute approximate surface area is 50.5 Å². The third-order valence-corrected chi connectivity index (χ3v) is 1.27. The summed E-state index contributed by atoms with van der Waals surface area (Å²) >= 11 is 1.05. The molecule has 0 saturated carbocycles. The lowest BCUT2D eigenvalue weighted by Crippen LogP contribution is -1.71. The second kappa shape index (κ2) is 2.71. The molecule has 1 N–H and O–H groups in total. The molecule has 1 aromatic rings. The summed E-state index contributed by atoms with van der Waals surface area (Å²) in [5.41, 5.74) is 0. The lowest BCUT2D eigenvalue weighted by atomic mass is 11.0. The number of nitrogens with zero attached hydrogens (tertiary/aromatic N) is 1. The molecule has 1 heterocycles. The molecule has 0 spiro atoms. The SMILES string of the molecule is FCSc1ncc[nH]1. The first-order chi connectivity index (χ1) is 3.93. The highest BCUT2D eigenvalue weighted by atomic mass is 32.2. The Balaban J connectivity index is 2.50. The van der Waals surface area contributed by atoms with Crippen molar-refractivity contribution in [2.24, 2.45) is 0 Å². The zero-order valence-electron chi connectivity index (χ0n) is 4.10. The van der Waals surface area contributed by atoms with Gasteiger partial charge in [0.1, 0.15) is 6.01 Å². The number of nitrogens with one attached hydrogen (secondary N) is 1. The molecule has 0 amide bonds. The maximum Gasteiger partial charge on any atom is 0.167 e.